The first-order valence-corrected chi connectivity index (χ1v) is 4.61. The third kappa shape index (κ3) is 1.37. The lowest BCUT2D eigenvalue weighted by atomic mass is 10.1. The zero-order chi connectivity index (χ0) is 9.97. The van der Waals surface area contributed by atoms with Crippen LogP contribution in [-0.4, -0.2) is 17.2 Å². The number of H-pyrrole nitrogens is 1. The molecule has 2 N–H and O–H groups in total. The van der Waals surface area contributed by atoms with Crippen LogP contribution in [0.15, 0.2) is 30.3 Å². The highest BCUT2D eigenvalue weighted by atomic mass is 15.2. The van der Waals surface area contributed by atoms with Gasteiger partial charge in [-0.25, -0.2) is 0 Å². The van der Waals surface area contributed by atoms with E-state index in [1.165, 1.54) is 5.56 Å². The molecule has 0 saturated carbocycles. The number of aromatic amines is 1. The van der Waals surface area contributed by atoms with Gasteiger partial charge in [0.1, 0.15) is 0 Å². The van der Waals surface area contributed by atoms with Gasteiger partial charge in [-0.15, -0.1) is 0 Å². The fourth-order valence-electron chi connectivity index (χ4n) is 1.53. The van der Waals surface area contributed by atoms with E-state index in [1.807, 2.05) is 25.2 Å². The molecule has 1 heterocycles. The minimum absolute atomic E-state index is 0.906. The van der Waals surface area contributed by atoms with Crippen molar-refractivity contribution in [3.63, 3.8) is 0 Å². The van der Waals surface area contributed by atoms with Crippen LogP contribution in [0.3, 0.4) is 0 Å². The fraction of sp³-hybridized carbons (Fsp3) is 0.182. The number of hydrogen-bond acceptors (Lipinski definition) is 2. The first-order valence-electron chi connectivity index (χ1n) is 4.61. The van der Waals surface area contributed by atoms with Gasteiger partial charge in [-0.2, -0.15) is 5.10 Å². The summed E-state index contributed by atoms with van der Waals surface area (Å²) in [6, 6.07) is 10.2. The molecule has 2 aromatic rings. The second kappa shape index (κ2) is 3.54. The summed E-state index contributed by atoms with van der Waals surface area (Å²) < 4.78 is 0. The molecule has 1 aromatic heterocycles. The van der Waals surface area contributed by atoms with E-state index in [4.69, 9.17) is 0 Å². The Hall–Kier alpha value is -1.77. The minimum Gasteiger partial charge on any atom is -0.371 e. The predicted octanol–water partition coefficient (Wildman–Crippen LogP) is 2.43. The maximum Gasteiger partial charge on any atom is 0.151 e. The van der Waals surface area contributed by atoms with Gasteiger partial charge in [0.25, 0.3) is 0 Å². The van der Waals surface area contributed by atoms with Gasteiger partial charge in [-0.3, -0.25) is 5.10 Å². The summed E-state index contributed by atoms with van der Waals surface area (Å²) in [7, 11) is 1.87. The number of nitrogens with one attached hydrogen (secondary N) is 2. The molecule has 0 saturated heterocycles. The first kappa shape index (κ1) is 8.81. The van der Waals surface area contributed by atoms with Crippen LogP contribution in [0.2, 0.25) is 0 Å². The molecular formula is C11H13N3. The van der Waals surface area contributed by atoms with Crippen LogP contribution < -0.4 is 5.32 Å². The number of anilines is 1. The molecule has 0 spiro atoms. The summed E-state index contributed by atoms with van der Waals surface area (Å²) in [5.74, 6) is 0.906. The van der Waals surface area contributed by atoms with E-state index in [2.05, 4.69) is 34.6 Å². The van der Waals surface area contributed by atoms with Crippen LogP contribution in [0.25, 0.3) is 11.3 Å². The lowest BCUT2D eigenvalue weighted by molar-refractivity contribution is 1.09. The number of aromatic nitrogens is 2. The van der Waals surface area contributed by atoms with E-state index >= 15 is 0 Å². The van der Waals surface area contributed by atoms with E-state index < -0.39 is 0 Å². The second-order valence-electron chi connectivity index (χ2n) is 3.19. The van der Waals surface area contributed by atoms with Crippen LogP contribution >= 0.6 is 0 Å². The van der Waals surface area contributed by atoms with E-state index in [9.17, 15) is 0 Å². The van der Waals surface area contributed by atoms with Gasteiger partial charge in [0.05, 0.1) is 5.69 Å². The highest BCUT2D eigenvalue weighted by Gasteiger charge is 2.08. The van der Waals surface area contributed by atoms with Crippen molar-refractivity contribution in [2.45, 2.75) is 6.92 Å². The van der Waals surface area contributed by atoms with Crippen LogP contribution in [0.1, 0.15) is 5.56 Å². The van der Waals surface area contributed by atoms with E-state index in [0.717, 1.165) is 17.1 Å². The molecule has 0 bridgehead atoms. The largest absolute Gasteiger partial charge is 0.371 e. The Kier molecular flexibility index (Phi) is 2.23. The van der Waals surface area contributed by atoms with Gasteiger partial charge < -0.3 is 5.32 Å². The van der Waals surface area contributed by atoms with Crippen molar-refractivity contribution in [3.05, 3.63) is 35.9 Å². The Morgan fingerprint density at radius 1 is 1.21 bits per heavy atom. The molecule has 0 radical (unpaired) electrons. The molecule has 0 aliphatic heterocycles. The number of hydrogen-bond donors (Lipinski definition) is 2. The van der Waals surface area contributed by atoms with Gasteiger partial charge in [0, 0.05) is 12.6 Å². The van der Waals surface area contributed by atoms with Crippen LogP contribution in [0.5, 0.6) is 0 Å². The number of rotatable bonds is 2. The van der Waals surface area contributed by atoms with E-state index in [1.54, 1.807) is 0 Å². The lowest BCUT2D eigenvalue weighted by Gasteiger charge is -1.99. The summed E-state index contributed by atoms with van der Waals surface area (Å²) >= 11 is 0. The second-order valence-corrected chi connectivity index (χ2v) is 3.19. The van der Waals surface area contributed by atoms with Crippen molar-refractivity contribution in [1.29, 1.82) is 0 Å². The number of nitrogens with zero attached hydrogens (tertiary/aromatic N) is 1. The van der Waals surface area contributed by atoms with Gasteiger partial charge in [0.2, 0.25) is 0 Å². The van der Waals surface area contributed by atoms with Gasteiger partial charge in [0.15, 0.2) is 5.82 Å². The van der Waals surface area contributed by atoms with E-state index in [-0.39, 0.29) is 0 Å². The van der Waals surface area contributed by atoms with E-state index in [0.29, 0.717) is 0 Å². The molecule has 0 unspecified atom stereocenters. The van der Waals surface area contributed by atoms with Crippen molar-refractivity contribution in [2.75, 3.05) is 12.4 Å². The normalized spacial score (nSPS) is 10.1. The van der Waals surface area contributed by atoms with Crippen molar-refractivity contribution < 1.29 is 0 Å². The third-order valence-corrected chi connectivity index (χ3v) is 2.31. The Labute approximate surface area is 83.2 Å². The molecule has 1 aromatic carbocycles. The highest BCUT2D eigenvalue weighted by Crippen LogP contribution is 2.24. The van der Waals surface area contributed by atoms with Gasteiger partial charge >= 0.3 is 0 Å². The van der Waals surface area contributed by atoms with Crippen LogP contribution in [0, 0.1) is 6.92 Å². The smallest absolute Gasteiger partial charge is 0.151 e. The van der Waals surface area contributed by atoms with Gasteiger partial charge in [-0.1, -0.05) is 30.3 Å². The van der Waals surface area contributed by atoms with Crippen molar-refractivity contribution in [3.8, 4) is 11.3 Å². The molecular weight excluding hydrogens is 174 g/mol. The Morgan fingerprint density at radius 3 is 2.50 bits per heavy atom. The van der Waals surface area contributed by atoms with Crippen molar-refractivity contribution in [1.82, 2.24) is 10.2 Å². The molecule has 0 amide bonds. The third-order valence-electron chi connectivity index (χ3n) is 2.31. The fourth-order valence-corrected chi connectivity index (χ4v) is 1.53. The summed E-state index contributed by atoms with van der Waals surface area (Å²) in [5.41, 5.74) is 3.40. The molecule has 0 aliphatic carbocycles. The van der Waals surface area contributed by atoms with Crippen molar-refractivity contribution in [2.24, 2.45) is 0 Å². The SMILES string of the molecule is CNc1n[nH]c(-c2ccccc2)c1C. The Balaban J connectivity index is 2.48. The standard InChI is InChI=1S/C11H13N3/c1-8-10(13-14-11(8)12-2)9-6-4-3-5-7-9/h3-7H,1-2H3,(H2,12,13,14). The molecule has 72 valence electrons. The Bertz CT molecular complexity index is 417. The molecule has 2 rings (SSSR count). The summed E-state index contributed by atoms with van der Waals surface area (Å²) in [5, 5.41) is 10.2. The monoisotopic (exact) mass is 187 g/mol. The van der Waals surface area contributed by atoms with Gasteiger partial charge in [-0.05, 0) is 12.5 Å². The zero-order valence-electron chi connectivity index (χ0n) is 8.33. The summed E-state index contributed by atoms with van der Waals surface area (Å²) in [6.07, 6.45) is 0. The van der Waals surface area contributed by atoms with Crippen LogP contribution in [0.4, 0.5) is 5.82 Å². The molecule has 3 nitrogen and oxygen atoms in total. The zero-order valence-corrected chi connectivity index (χ0v) is 8.33. The molecule has 14 heavy (non-hydrogen) atoms. The van der Waals surface area contributed by atoms with Crippen LogP contribution in [-0.2, 0) is 0 Å². The molecule has 0 fully saturated rings. The maximum atomic E-state index is 4.17. The summed E-state index contributed by atoms with van der Waals surface area (Å²) in [4.78, 5) is 0. The molecule has 0 atom stereocenters. The quantitative estimate of drug-likeness (QED) is 0.758. The molecule has 3 heteroatoms. The topological polar surface area (TPSA) is 40.7 Å². The average molecular weight is 187 g/mol. The highest BCUT2D eigenvalue weighted by molar-refractivity contribution is 5.68. The maximum absolute atomic E-state index is 4.17. The first-order chi connectivity index (χ1) is 6.83. The minimum atomic E-state index is 0.906. The Morgan fingerprint density at radius 2 is 1.93 bits per heavy atom. The average Bonchev–Trinajstić information content (AvgIpc) is 2.61. The predicted molar refractivity (Wildman–Crippen MR) is 58.3 cm³/mol. The van der Waals surface area contributed by atoms with Crippen molar-refractivity contribution >= 4 is 5.82 Å². The number of benzene rings is 1. The summed E-state index contributed by atoms with van der Waals surface area (Å²) in [6.45, 7) is 2.05. The lowest BCUT2D eigenvalue weighted by Crippen LogP contribution is -1.89. The molecule has 0 aliphatic rings.